The molecule has 1 amide bonds. The van der Waals surface area contributed by atoms with Crippen LogP contribution in [-0.2, 0) is 17.6 Å². The monoisotopic (exact) mass is 353 g/mol. The number of rotatable bonds is 4. The summed E-state index contributed by atoms with van der Waals surface area (Å²) in [6.07, 6.45) is 4.33. The first-order valence-electron chi connectivity index (χ1n) is 8.83. The third-order valence-electron chi connectivity index (χ3n) is 4.77. The number of hydrogen-bond acceptors (Lipinski definition) is 3. The number of benzene rings is 2. The van der Waals surface area contributed by atoms with E-state index in [-0.39, 0.29) is 18.3 Å². The van der Waals surface area contributed by atoms with Crippen LogP contribution < -0.4 is 10.1 Å². The van der Waals surface area contributed by atoms with Crippen LogP contribution in [0.4, 0.5) is 10.1 Å². The molecule has 0 atom stereocenters. The maximum absolute atomic E-state index is 13.3. The molecule has 0 aliphatic heterocycles. The molecular weight excluding hydrogens is 333 g/mol. The Labute approximate surface area is 151 Å². The fourth-order valence-electron chi connectivity index (χ4n) is 3.40. The number of hydrogen-bond donors (Lipinski definition) is 1. The van der Waals surface area contributed by atoms with Gasteiger partial charge in [0.2, 0.25) is 0 Å². The fourth-order valence-corrected chi connectivity index (χ4v) is 3.40. The van der Waals surface area contributed by atoms with E-state index in [0.717, 1.165) is 41.6 Å². The number of aryl methyl sites for hydroxylation is 3. The van der Waals surface area contributed by atoms with Gasteiger partial charge in [0.1, 0.15) is 22.9 Å². The summed E-state index contributed by atoms with van der Waals surface area (Å²) in [6, 6.07) is 9.92. The lowest BCUT2D eigenvalue weighted by Crippen LogP contribution is -2.20. The molecule has 1 N–H and O–H groups in total. The van der Waals surface area contributed by atoms with Crippen LogP contribution in [-0.4, -0.2) is 12.5 Å². The topological polar surface area (TPSA) is 51.5 Å². The van der Waals surface area contributed by atoms with Crippen molar-refractivity contribution in [1.82, 2.24) is 0 Å². The van der Waals surface area contributed by atoms with Crippen molar-refractivity contribution in [2.45, 2.75) is 32.6 Å². The Bertz CT molecular complexity index is 977. The Morgan fingerprint density at radius 2 is 2.04 bits per heavy atom. The summed E-state index contributed by atoms with van der Waals surface area (Å²) in [5, 5.41) is 3.75. The zero-order valence-corrected chi connectivity index (χ0v) is 14.6. The van der Waals surface area contributed by atoms with Gasteiger partial charge >= 0.3 is 0 Å². The minimum Gasteiger partial charge on any atom is -0.484 e. The molecule has 0 saturated heterocycles. The van der Waals surface area contributed by atoms with Gasteiger partial charge < -0.3 is 14.5 Å². The zero-order chi connectivity index (χ0) is 18.1. The molecule has 3 aromatic rings. The number of amides is 1. The van der Waals surface area contributed by atoms with E-state index < -0.39 is 0 Å². The van der Waals surface area contributed by atoms with Crippen molar-refractivity contribution in [3.8, 4) is 5.75 Å². The molecule has 1 aromatic heterocycles. The van der Waals surface area contributed by atoms with Gasteiger partial charge in [-0.2, -0.15) is 0 Å². The van der Waals surface area contributed by atoms with Crippen LogP contribution in [0.2, 0.25) is 0 Å². The van der Waals surface area contributed by atoms with Crippen molar-refractivity contribution in [2.24, 2.45) is 0 Å². The Hall–Kier alpha value is -2.82. The molecule has 5 heteroatoms. The highest BCUT2D eigenvalue weighted by Crippen LogP contribution is 2.33. The van der Waals surface area contributed by atoms with E-state index in [1.807, 2.05) is 19.1 Å². The molecular formula is C21H20FNO3. The van der Waals surface area contributed by atoms with Crippen LogP contribution in [0.1, 0.15) is 29.7 Å². The first-order valence-corrected chi connectivity index (χ1v) is 8.83. The number of anilines is 1. The van der Waals surface area contributed by atoms with E-state index in [4.69, 9.17) is 9.15 Å². The Balaban J connectivity index is 1.45. The fraction of sp³-hybridized carbons (Fsp3) is 0.286. The molecule has 0 radical (unpaired) electrons. The minimum absolute atomic E-state index is 0.137. The highest BCUT2D eigenvalue weighted by atomic mass is 19.1. The number of carbonyl (C=O) groups is 1. The van der Waals surface area contributed by atoms with Crippen LogP contribution in [0.15, 0.2) is 40.8 Å². The van der Waals surface area contributed by atoms with Crippen LogP contribution in [0.25, 0.3) is 11.0 Å². The van der Waals surface area contributed by atoms with Gasteiger partial charge in [-0.05, 0) is 62.1 Å². The van der Waals surface area contributed by atoms with E-state index in [2.05, 4.69) is 5.32 Å². The Morgan fingerprint density at radius 3 is 2.92 bits per heavy atom. The second-order valence-electron chi connectivity index (χ2n) is 6.66. The molecule has 0 spiro atoms. The maximum Gasteiger partial charge on any atom is 0.262 e. The molecule has 0 bridgehead atoms. The van der Waals surface area contributed by atoms with Gasteiger partial charge in [-0.1, -0.05) is 6.07 Å². The smallest absolute Gasteiger partial charge is 0.262 e. The number of nitrogens with one attached hydrogen (secondary N) is 1. The second-order valence-corrected chi connectivity index (χ2v) is 6.66. The molecule has 1 heterocycles. The Kier molecular flexibility index (Phi) is 4.37. The lowest BCUT2D eigenvalue weighted by Gasteiger charge is -2.10. The quantitative estimate of drug-likeness (QED) is 0.735. The molecule has 1 aliphatic rings. The predicted octanol–water partition coefficient (Wildman–Crippen LogP) is 4.78. The van der Waals surface area contributed by atoms with E-state index in [0.29, 0.717) is 11.4 Å². The van der Waals surface area contributed by atoms with Crippen molar-refractivity contribution < 1.29 is 18.3 Å². The number of carbonyl (C=O) groups excluding carboxylic acids is 1. The molecule has 134 valence electrons. The lowest BCUT2D eigenvalue weighted by atomic mass is 9.96. The standard InChI is InChI=1S/C21H20FNO3/c1-13-6-7-14(22)10-18(13)23-21(24)12-25-15-8-9-20-17(11-15)16-4-2-3-5-19(16)26-20/h6-11H,2-5,12H2,1H3,(H,23,24). The van der Waals surface area contributed by atoms with Gasteiger partial charge in [-0.15, -0.1) is 0 Å². The number of halogens is 1. The van der Waals surface area contributed by atoms with E-state index in [1.54, 1.807) is 12.1 Å². The summed E-state index contributed by atoms with van der Waals surface area (Å²) in [5.74, 6) is 0.982. The first-order chi connectivity index (χ1) is 12.6. The molecule has 26 heavy (non-hydrogen) atoms. The van der Waals surface area contributed by atoms with Crippen molar-refractivity contribution in [1.29, 1.82) is 0 Å². The van der Waals surface area contributed by atoms with Crippen molar-refractivity contribution in [3.05, 3.63) is 59.1 Å². The molecule has 0 unspecified atom stereocenters. The van der Waals surface area contributed by atoms with Crippen LogP contribution in [0.5, 0.6) is 5.75 Å². The predicted molar refractivity (Wildman–Crippen MR) is 98.1 cm³/mol. The van der Waals surface area contributed by atoms with E-state index in [1.165, 1.54) is 24.1 Å². The maximum atomic E-state index is 13.3. The zero-order valence-electron chi connectivity index (χ0n) is 14.6. The molecule has 4 rings (SSSR count). The lowest BCUT2D eigenvalue weighted by molar-refractivity contribution is -0.118. The summed E-state index contributed by atoms with van der Waals surface area (Å²) >= 11 is 0. The summed E-state index contributed by atoms with van der Waals surface area (Å²) in [6.45, 7) is 1.67. The van der Waals surface area contributed by atoms with Gasteiger partial charge in [0.15, 0.2) is 6.61 Å². The van der Waals surface area contributed by atoms with Gasteiger partial charge in [0.25, 0.3) is 5.91 Å². The first kappa shape index (κ1) is 16.6. The molecule has 4 nitrogen and oxygen atoms in total. The summed E-state index contributed by atoms with van der Waals surface area (Å²) in [4.78, 5) is 12.1. The van der Waals surface area contributed by atoms with Gasteiger partial charge in [-0.3, -0.25) is 4.79 Å². The van der Waals surface area contributed by atoms with Crippen LogP contribution >= 0.6 is 0 Å². The SMILES string of the molecule is Cc1ccc(F)cc1NC(=O)COc1ccc2oc3c(c2c1)CCCC3. The van der Waals surface area contributed by atoms with Crippen LogP contribution in [0.3, 0.4) is 0 Å². The number of ether oxygens (including phenoxy) is 1. The minimum atomic E-state index is -0.387. The van der Waals surface area contributed by atoms with Gasteiger partial charge in [0.05, 0.1) is 0 Å². The third kappa shape index (κ3) is 3.29. The average Bonchev–Trinajstić information content (AvgIpc) is 3.01. The third-order valence-corrected chi connectivity index (χ3v) is 4.77. The highest BCUT2D eigenvalue weighted by Gasteiger charge is 2.18. The average molecular weight is 353 g/mol. The second kappa shape index (κ2) is 6.83. The van der Waals surface area contributed by atoms with Crippen molar-refractivity contribution in [2.75, 3.05) is 11.9 Å². The molecule has 2 aromatic carbocycles. The number of furan rings is 1. The summed E-state index contributed by atoms with van der Waals surface area (Å²) in [7, 11) is 0. The van der Waals surface area contributed by atoms with Gasteiger partial charge in [0, 0.05) is 23.1 Å². The highest BCUT2D eigenvalue weighted by molar-refractivity contribution is 5.92. The number of fused-ring (bicyclic) bond motifs is 3. The van der Waals surface area contributed by atoms with Crippen molar-refractivity contribution in [3.63, 3.8) is 0 Å². The van der Waals surface area contributed by atoms with Crippen molar-refractivity contribution >= 4 is 22.6 Å². The van der Waals surface area contributed by atoms with E-state index >= 15 is 0 Å². The normalized spacial score (nSPS) is 13.5. The van der Waals surface area contributed by atoms with Gasteiger partial charge in [-0.25, -0.2) is 4.39 Å². The molecule has 1 aliphatic carbocycles. The molecule has 0 saturated carbocycles. The van der Waals surface area contributed by atoms with Crippen LogP contribution in [0, 0.1) is 12.7 Å². The summed E-state index contributed by atoms with van der Waals surface area (Å²) in [5.41, 5.74) is 3.38. The molecule has 0 fully saturated rings. The largest absolute Gasteiger partial charge is 0.484 e. The Morgan fingerprint density at radius 1 is 1.19 bits per heavy atom. The van der Waals surface area contributed by atoms with E-state index in [9.17, 15) is 9.18 Å². The summed E-state index contributed by atoms with van der Waals surface area (Å²) < 4.78 is 24.8.